The van der Waals surface area contributed by atoms with E-state index in [2.05, 4.69) is 4.90 Å². The molecule has 1 aromatic carbocycles. The van der Waals surface area contributed by atoms with Crippen LogP contribution in [-0.4, -0.2) is 90.0 Å². The van der Waals surface area contributed by atoms with Crippen LogP contribution in [0, 0.1) is 0 Å². The second-order valence-corrected chi connectivity index (χ2v) is 6.91. The van der Waals surface area contributed by atoms with E-state index in [0.717, 1.165) is 0 Å². The Bertz CT molecular complexity index is 852. The maximum Gasteiger partial charge on any atom is 0.351 e. The molecule has 0 N–H and O–H groups in total. The zero-order valence-electron chi connectivity index (χ0n) is 17.6. The zero-order chi connectivity index (χ0) is 21.7. The van der Waals surface area contributed by atoms with E-state index in [4.69, 9.17) is 28.1 Å². The summed E-state index contributed by atoms with van der Waals surface area (Å²) < 4.78 is 32.5. The summed E-state index contributed by atoms with van der Waals surface area (Å²) in [5, 5.41) is 0.668. The fraction of sp³-hybridized carbons (Fsp3) is 0.545. The maximum absolute atomic E-state index is 12.4. The van der Waals surface area contributed by atoms with E-state index in [0.29, 0.717) is 83.5 Å². The van der Waals surface area contributed by atoms with E-state index < -0.39 is 11.6 Å². The topological polar surface area (TPSA) is 96.7 Å². The molecule has 2 aromatic rings. The molecule has 1 aliphatic heterocycles. The molecule has 1 fully saturated rings. The molecule has 1 aliphatic rings. The molecular weight excluding hydrogens is 406 g/mol. The van der Waals surface area contributed by atoms with Gasteiger partial charge in [0.15, 0.2) is 0 Å². The molecule has 170 valence electrons. The van der Waals surface area contributed by atoms with Crippen LogP contribution in [0.15, 0.2) is 39.5 Å². The molecule has 0 aliphatic carbocycles. The van der Waals surface area contributed by atoms with Crippen LogP contribution in [0.5, 0.6) is 0 Å². The number of hydrogen-bond donors (Lipinski definition) is 0. The molecule has 0 radical (unpaired) electrons. The maximum atomic E-state index is 12.4. The molecule has 9 nitrogen and oxygen atoms in total. The fourth-order valence-corrected chi connectivity index (χ4v) is 3.03. The Morgan fingerprint density at radius 2 is 1.45 bits per heavy atom. The number of esters is 1. The molecule has 3 rings (SSSR count). The number of fused-ring (bicyclic) bond motifs is 1. The average molecular weight is 435 g/mol. The Balaban J connectivity index is 1.48. The van der Waals surface area contributed by atoms with Gasteiger partial charge < -0.3 is 28.1 Å². The Hall–Kier alpha value is -2.30. The lowest BCUT2D eigenvalue weighted by Gasteiger charge is -2.22. The van der Waals surface area contributed by atoms with Gasteiger partial charge in [-0.25, -0.2) is 9.59 Å². The normalized spacial score (nSPS) is 18.2. The van der Waals surface area contributed by atoms with Crippen LogP contribution in [0.3, 0.4) is 0 Å². The van der Waals surface area contributed by atoms with Gasteiger partial charge in [-0.2, -0.15) is 0 Å². The standard InChI is InChI=1S/C22H29NO8/c24-21(19-17-18-3-1-2-4-20(18)31-22(19)25)30-10-7-23-5-8-26-11-13-28-15-16-29-14-12-27-9-6-23/h1-4,17H,5-16H2. The van der Waals surface area contributed by atoms with Crippen molar-refractivity contribution in [3.8, 4) is 0 Å². The van der Waals surface area contributed by atoms with Gasteiger partial charge in [0.25, 0.3) is 0 Å². The molecule has 0 unspecified atom stereocenters. The van der Waals surface area contributed by atoms with Crippen LogP contribution in [-0.2, 0) is 23.7 Å². The van der Waals surface area contributed by atoms with Crippen molar-refractivity contribution in [1.29, 1.82) is 0 Å². The van der Waals surface area contributed by atoms with Crippen molar-refractivity contribution in [3.63, 3.8) is 0 Å². The lowest BCUT2D eigenvalue weighted by Crippen LogP contribution is -2.35. The van der Waals surface area contributed by atoms with Crippen LogP contribution in [0.25, 0.3) is 11.0 Å². The summed E-state index contributed by atoms with van der Waals surface area (Å²) in [6, 6.07) is 8.52. The van der Waals surface area contributed by atoms with Gasteiger partial charge in [-0.1, -0.05) is 18.2 Å². The average Bonchev–Trinajstić information content (AvgIpc) is 2.78. The third-order valence-corrected chi connectivity index (χ3v) is 4.72. The van der Waals surface area contributed by atoms with Gasteiger partial charge in [-0.05, 0) is 12.1 Å². The minimum Gasteiger partial charge on any atom is -0.461 e. The number of nitrogens with zero attached hydrogens (tertiary/aromatic N) is 1. The predicted molar refractivity (Wildman–Crippen MR) is 112 cm³/mol. The lowest BCUT2D eigenvalue weighted by molar-refractivity contribution is 0.00206. The van der Waals surface area contributed by atoms with Crippen molar-refractivity contribution in [2.75, 3.05) is 79.1 Å². The van der Waals surface area contributed by atoms with Crippen molar-refractivity contribution in [2.45, 2.75) is 0 Å². The van der Waals surface area contributed by atoms with Crippen LogP contribution in [0.1, 0.15) is 10.4 Å². The number of ether oxygens (including phenoxy) is 5. The largest absolute Gasteiger partial charge is 0.461 e. The van der Waals surface area contributed by atoms with Gasteiger partial charge in [0.1, 0.15) is 17.8 Å². The summed E-state index contributed by atoms with van der Waals surface area (Å²) in [6.45, 7) is 6.15. The Kier molecular flexibility index (Phi) is 9.94. The summed E-state index contributed by atoms with van der Waals surface area (Å²) in [5.74, 6) is -0.695. The smallest absolute Gasteiger partial charge is 0.351 e. The van der Waals surface area contributed by atoms with E-state index in [-0.39, 0.29) is 12.2 Å². The minimum absolute atomic E-state index is 0.109. The number of carbonyl (C=O) groups is 1. The summed E-state index contributed by atoms with van der Waals surface area (Å²) in [4.78, 5) is 26.6. The fourth-order valence-electron chi connectivity index (χ4n) is 3.03. The van der Waals surface area contributed by atoms with Crippen molar-refractivity contribution in [2.24, 2.45) is 0 Å². The third kappa shape index (κ3) is 8.04. The first kappa shape index (κ1) is 23.4. The highest BCUT2D eigenvalue weighted by molar-refractivity contribution is 5.92. The molecule has 0 bridgehead atoms. The number of rotatable bonds is 4. The number of carbonyl (C=O) groups excluding carboxylic acids is 1. The molecule has 9 heteroatoms. The van der Waals surface area contributed by atoms with Crippen molar-refractivity contribution >= 4 is 16.9 Å². The Morgan fingerprint density at radius 1 is 0.871 bits per heavy atom. The monoisotopic (exact) mass is 435 g/mol. The van der Waals surface area contributed by atoms with Gasteiger partial charge >= 0.3 is 11.6 Å². The highest BCUT2D eigenvalue weighted by Gasteiger charge is 2.16. The first-order valence-corrected chi connectivity index (χ1v) is 10.5. The molecule has 0 atom stereocenters. The highest BCUT2D eigenvalue weighted by atomic mass is 16.6. The molecule has 0 amide bonds. The van der Waals surface area contributed by atoms with E-state index in [1.54, 1.807) is 18.2 Å². The Labute approximate surface area is 180 Å². The highest BCUT2D eigenvalue weighted by Crippen LogP contribution is 2.13. The zero-order valence-corrected chi connectivity index (χ0v) is 17.6. The molecular formula is C22H29NO8. The second-order valence-electron chi connectivity index (χ2n) is 6.91. The molecule has 0 saturated carbocycles. The van der Waals surface area contributed by atoms with Crippen molar-refractivity contribution in [3.05, 3.63) is 46.3 Å². The van der Waals surface area contributed by atoms with Crippen LogP contribution >= 0.6 is 0 Å². The summed E-state index contributed by atoms with van der Waals surface area (Å²) in [5.41, 5.74) is -0.381. The van der Waals surface area contributed by atoms with E-state index in [1.165, 1.54) is 6.07 Å². The number of hydrogen-bond acceptors (Lipinski definition) is 9. The summed E-state index contributed by atoms with van der Waals surface area (Å²) in [7, 11) is 0. The van der Waals surface area contributed by atoms with Gasteiger partial charge in [0.2, 0.25) is 0 Å². The van der Waals surface area contributed by atoms with Gasteiger partial charge in [0, 0.05) is 25.0 Å². The van der Waals surface area contributed by atoms with Crippen molar-refractivity contribution in [1.82, 2.24) is 4.90 Å². The van der Waals surface area contributed by atoms with E-state index in [1.807, 2.05) is 6.07 Å². The molecule has 2 heterocycles. The van der Waals surface area contributed by atoms with Crippen LogP contribution in [0.2, 0.25) is 0 Å². The molecule has 1 aromatic heterocycles. The molecule has 31 heavy (non-hydrogen) atoms. The van der Waals surface area contributed by atoms with Gasteiger partial charge in [0.05, 0.1) is 52.9 Å². The number of para-hydroxylation sites is 1. The predicted octanol–water partition coefficient (Wildman–Crippen LogP) is 1.33. The lowest BCUT2D eigenvalue weighted by atomic mass is 10.2. The SMILES string of the molecule is O=C(OCCN1CCOCCOCCOCCOCC1)c1cc2ccccc2oc1=O. The van der Waals surface area contributed by atoms with Crippen molar-refractivity contribution < 1.29 is 32.9 Å². The quantitative estimate of drug-likeness (QED) is 0.520. The molecule has 1 saturated heterocycles. The summed E-state index contributed by atoms with van der Waals surface area (Å²) >= 11 is 0. The van der Waals surface area contributed by atoms with Gasteiger partial charge in [-0.15, -0.1) is 0 Å². The van der Waals surface area contributed by atoms with Gasteiger partial charge in [-0.3, -0.25) is 4.90 Å². The minimum atomic E-state index is -0.704. The third-order valence-electron chi connectivity index (χ3n) is 4.72. The number of benzene rings is 1. The molecule has 0 spiro atoms. The van der Waals surface area contributed by atoms with E-state index >= 15 is 0 Å². The van der Waals surface area contributed by atoms with Crippen LogP contribution in [0.4, 0.5) is 0 Å². The first-order chi connectivity index (χ1) is 15.2. The van der Waals surface area contributed by atoms with E-state index in [9.17, 15) is 9.59 Å². The summed E-state index contributed by atoms with van der Waals surface area (Å²) in [6.07, 6.45) is 0. The second kappa shape index (κ2) is 13.2. The first-order valence-electron chi connectivity index (χ1n) is 10.5. The van der Waals surface area contributed by atoms with Crippen LogP contribution < -0.4 is 5.63 Å². The Morgan fingerprint density at radius 3 is 2.10 bits per heavy atom.